The zero-order valence-electron chi connectivity index (χ0n) is 13.2. The first kappa shape index (κ1) is 14.7. The quantitative estimate of drug-likeness (QED) is 0.853. The van der Waals surface area contributed by atoms with Crippen LogP contribution in [-0.2, 0) is 0 Å². The zero-order valence-corrected chi connectivity index (χ0v) is 13.2. The maximum absolute atomic E-state index is 12.6. The van der Waals surface area contributed by atoms with E-state index in [9.17, 15) is 4.79 Å². The summed E-state index contributed by atoms with van der Waals surface area (Å²) in [4.78, 5) is 14.6. The van der Waals surface area contributed by atoms with Crippen molar-refractivity contribution in [3.63, 3.8) is 0 Å². The molecule has 4 nitrogen and oxygen atoms in total. The minimum atomic E-state index is 0.125. The Kier molecular flexibility index (Phi) is 4.18. The van der Waals surface area contributed by atoms with Crippen LogP contribution in [0, 0.1) is 13.8 Å². The molecule has 0 bridgehead atoms. The number of aryl methyl sites for hydroxylation is 1. The standard InChI is InChI=1S/C18H21N3O/c1-13-12-19-20-17(14(13)2)15-7-6-8-16(11-15)18(22)21-9-4-3-5-10-21/h6-8,11-12H,3-5,9-10H2,1-2H3. The minimum absolute atomic E-state index is 0.125. The molecule has 2 aromatic rings. The molecule has 0 N–H and O–H groups in total. The fourth-order valence-electron chi connectivity index (χ4n) is 2.89. The van der Waals surface area contributed by atoms with Gasteiger partial charge in [0, 0.05) is 24.2 Å². The van der Waals surface area contributed by atoms with Gasteiger partial charge in [-0.05, 0) is 56.4 Å². The fourth-order valence-corrected chi connectivity index (χ4v) is 2.89. The lowest BCUT2D eigenvalue weighted by Crippen LogP contribution is -2.35. The van der Waals surface area contributed by atoms with E-state index in [-0.39, 0.29) is 5.91 Å². The van der Waals surface area contributed by atoms with E-state index < -0.39 is 0 Å². The largest absolute Gasteiger partial charge is 0.339 e. The van der Waals surface area contributed by atoms with Gasteiger partial charge in [0.1, 0.15) is 0 Å². The Balaban J connectivity index is 1.92. The summed E-state index contributed by atoms with van der Waals surface area (Å²) >= 11 is 0. The van der Waals surface area contributed by atoms with E-state index in [4.69, 9.17) is 0 Å². The van der Waals surface area contributed by atoms with Crippen molar-refractivity contribution in [3.8, 4) is 11.3 Å². The number of rotatable bonds is 2. The second kappa shape index (κ2) is 6.26. The third kappa shape index (κ3) is 2.86. The molecule has 4 heteroatoms. The number of carbonyl (C=O) groups is 1. The van der Waals surface area contributed by atoms with Gasteiger partial charge < -0.3 is 4.90 Å². The number of aromatic nitrogens is 2. The van der Waals surface area contributed by atoms with Crippen molar-refractivity contribution < 1.29 is 4.79 Å². The van der Waals surface area contributed by atoms with Crippen molar-refractivity contribution in [2.45, 2.75) is 33.1 Å². The van der Waals surface area contributed by atoms with Crippen LogP contribution in [0.5, 0.6) is 0 Å². The van der Waals surface area contributed by atoms with Gasteiger partial charge in [0.25, 0.3) is 5.91 Å². The van der Waals surface area contributed by atoms with E-state index in [1.54, 1.807) is 6.20 Å². The van der Waals surface area contributed by atoms with Gasteiger partial charge in [-0.3, -0.25) is 4.79 Å². The van der Waals surface area contributed by atoms with Gasteiger partial charge in [0.2, 0.25) is 0 Å². The Morgan fingerprint density at radius 1 is 1.14 bits per heavy atom. The number of benzene rings is 1. The number of amides is 1. The summed E-state index contributed by atoms with van der Waals surface area (Å²) in [6, 6.07) is 7.74. The van der Waals surface area contributed by atoms with E-state index in [2.05, 4.69) is 10.2 Å². The maximum Gasteiger partial charge on any atom is 0.253 e. The van der Waals surface area contributed by atoms with Crippen molar-refractivity contribution in [1.29, 1.82) is 0 Å². The molecule has 0 unspecified atom stereocenters. The summed E-state index contributed by atoms with van der Waals surface area (Å²) in [5.41, 5.74) is 4.77. The normalized spacial score (nSPS) is 14.9. The first-order chi connectivity index (χ1) is 10.7. The van der Waals surface area contributed by atoms with Crippen LogP contribution in [0.15, 0.2) is 30.5 Å². The summed E-state index contributed by atoms with van der Waals surface area (Å²) in [7, 11) is 0. The molecule has 2 heterocycles. The van der Waals surface area contributed by atoms with E-state index in [0.29, 0.717) is 0 Å². The second-order valence-electron chi connectivity index (χ2n) is 5.93. The highest BCUT2D eigenvalue weighted by Gasteiger charge is 2.18. The average Bonchev–Trinajstić information content (AvgIpc) is 2.57. The number of hydrogen-bond acceptors (Lipinski definition) is 3. The van der Waals surface area contributed by atoms with Crippen LogP contribution >= 0.6 is 0 Å². The lowest BCUT2D eigenvalue weighted by molar-refractivity contribution is 0.0724. The Labute approximate surface area is 131 Å². The first-order valence-electron chi connectivity index (χ1n) is 7.85. The van der Waals surface area contributed by atoms with Crippen molar-refractivity contribution in [3.05, 3.63) is 47.2 Å². The molecular weight excluding hydrogens is 274 g/mol. The van der Waals surface area contributed by atoms with Crippen LogP contribution in [0.25, 0.3) is 11.3 Å². The van der Waals surface area contributed by atoms with Gasteiger partial charge in [0.15, 0.2) is 0 Å². The van der Waals surface area contributed by atoms with Gasteiger partial charge in [-0.25, -0.2) is 0 Å². The highest BCUT2D eigenvalue weighted by molar-refractivity contribution is 5.95. The molecule has 1 aliphatic rings. The molecular formula is C18H21N3O. The van der Waals surface area contributed by atoms with Crippen molar-refractivity contribution >= 4 is 5.91 Å². The molecule has 22 heavy (non-hydrogen) atoms. The predicted molar refractivity (Wildman–Crippen MR) is 86.7 cm³/mol. The molecule has 0 radical (unpaired) electrons. The van der Waals surface area contributed by atoms with Crippen molar-refractivity contribution in [2.24, 2.45) is 0 Å². The van der Waals surface area contributed by atoms with E-state index in [0.717, 1.165) is 53.9 Å². The lowest BCUT2D eigenvalue weighted by Gasteiger charge is -2.26. The molecule has 1 amide bonds. The smallest absolute Gasteiger partial charge is 0.253 e. The van der Waals surface area contributed by atoms with Gasteiger partial charge in [-0.2, -0.15) is 10.2 Å². The van der Waals surface area contributed by atoms with E-state index in [1.165, 1.54) is 6.42 Å². The second-order valence-corrected chi connectivity index (χ2v) is 5.93. The van der Waals surface area contributed by atoms with Crippen LogP contribution in [0.3, 0.4) is 0 Å². The SMILES string of the molecule is Cc1cnnc(-c2cccc(C(=O)N3CCCCC3)c2)c1C. The van der Waals surface area contributed by atoms with Crippen LogP contribution < -0.4 is 0 Å². The molecule has 1 fully saturated rings. The fraction of sp³-hybridized carbons (Fsp3) is 0.389. The van der Waals surface area contributed by atoms with Crippen molar-refractivity contribution in [2.75, 3.05) is 13.1 Å². The first-order valence-corrected chi connectivity index (χ1v) is 7.85. The minimum Gasteiger partial charge on any atom is -0.339 e. The predicted octanol–water partition coefficient (Wildman–Crippen LogP) is 3.39. The molecule has 1 saturated heterocycles. The van der Waals surface area contributed by atoms with E-state index >= 15 is 0 Å². The molecule has 1 aliphatic heterocycles. The van der Waals surface area contributed by atoms with E-state index in [1.807, 2.05) is 43.0 Å². The number of hydrogen-bond donors (Lipinski definition) is 0. The van der Waals surface area contributed by atoms with Gasteiger partial charge >= 0.3 is 0 Å². The summed E-state index contributed by atoms with van der Waals surface area (Å²) in [5.74, 6) is 0.125. The van der Waals surface area contributed by atoms with Crippen molar-refractivity contribution in [1.82, 2.24) is 15.1 Å². The molecule has 114 valence electrons. The summed E-state index contributed by atoms with van der Waals surface area (Å²) in [6.07, 6.45) is 5.20. The van der Waals surface area contributed by atoms with Gasteiger partial charge in [0.05, 0.1) is 11.9 Å². The topological polar surface area (TPSA) is 46.1 Å². The van der Waals surface area contributed by atoms with Gasteiger partial charge in [-0.15, -0.1) is 0 Å². The number of carbonyl (C=O) groups excluding carboxylic acids is 1. The molecule has 0 saturated carbocycles. The van der Waals surface area contributed by atoms with Gasteiger partial charge in [-0.1, -0.05) is 12.1 Å². The van der Waals surface area contributed by atoms with Crippen LogP contribution in [-0.4, -0.2) is 34.1 Å². The highest BCUT2D eigenvalue weighted by atomic mass is 16.2. The maximum atomic E-state index is 12.6. The Morgan fingerprint density at radius 3 is 2.68 bits per heavy atom. The monoisotopic (exact) mass is 295 g/mol. The lowest BCUT2D eigenvalue weighted by atomic mass is 10.0. The molecule has 0 atom stereocenters. The summed E-state index contributed by atoms with van der Waals surface area (Å²) in [6.45, 7) is 5.80. The zero-order chi connectivity index (χ0) is 15.5. The molecule has 1 aromatic carbocycles. The van der Waals surface area contributed by atoms with Crippen LogP contribution in [0.1, 0.15) is 40.7 Å². The summed E-state index contributed by atoms with van der Waals surface area (Å²) in [5, 5.41) is 8.29. The summed E-state index contributed by atoms with van der Waals surface area (Å²) < 4.78 is 0. The van der Waals surface area contributed by atoms with Crippen LogP contribution in [0.4, 0.5) is 0 Å². The highest BCUT2D eigenvalue weighted by Crippen LogP contribution is 2.24. The molecule has 1 aromatic heterocycles. The Morgan fingerprint density at radius 2 is 1.91 bits per heavy atom. The number of likely N-dealkylation sites (tertiary alicyclic amines) is 1. The molecule has 0 spiro atoms. The Hall–Kier alpha value is -2.23. The number of nitrogens with zero attached hydrogens (tertiary/aromatic N) is 3. The Bertz CT molecular complexity index is 690. The van der Waals surface area contributed by atoms with Crippen LogP contribution in [0.2, 0.25) is 0 Å². The third-order valence-corrected chi connectivity index (χ3v) is 4.38. The molecule has 0 aliphatic carbocycles. The number of piperidine rings is 1. The molecule has 3 rings (SSSR count). The average molecular weight is 295 g/mol. The third-order valence-electron chi connectivity index (χ3n) is 4.38.